The fourth-order valence-corrected chi connectivity index (χ4v) is 4.20. The van der Waals surface area contributed by atoms with Crippen LogP contribution in [0.1, 0.15) is 17.9 Å². The van der Waals surface area contributed by atoms with E-state index in [9.17, 15) is 9.59 Å². The van der Waals surface area contributed by atoms with E-state index in [4.69, 9.17) is 10.5 Å². The van der Waals surface area contributed by atoms with Gasteiger partial charge in [0.15, 0.2) is 0 Å². The highest BCUT2D eigenvalue weighted by atomic mass is 35.5. The van der Waals surface area contributed by atoms with E-state index in [1.54, 1.807) is 12.0 Å². The van der Waals surface area contributed by atoms with Crippen LogP contribution in [0.5, 0.6) is 5.75 Å². The number of ether oxygens (including phenoxy) is 1. The minimum absolute atomic E-state index is 0. The topological polar surface area (TPSA) is 75.9 Å². The molecule has 2 amide bonds. The summed E-state index contributed by atoms with van der Waals surface area (Å²) < 4.78 is 5.17. The minimum atomic E-state index is -0.323. The van der Waals surface area contributed by atoms with Crippen LogP contribution in [0, 0.1) is 5.92 Å². The summed E-state index contributed by atoms with van der Waals surface area (Å²) in [7, 11) is 1.61. The summed E-state index contributed by atoms with van der Waals surface area (Å²) in [5, 5.41) is 0. The van der Waals surface area contributed by atoms with Gasteiger partial charge in [0.05, 0.1) is 13.0 Å². The molecule has 2 fully saturated rings. The summed E-state index contributed by atoms with van der Waals surface area (Å²) in [6.45, 7) is 1.55. The number of benzene rings is 2. The standard InChI is InChI=1S/C22H25N3O3.ClH/c1-28-18-9-7-17(8-10-18)25-12-16(11-21(25)26)22(27)24-13-19(20(23)14-24)15-5-3-2-4-6-15;/h2-10,16,19-20H,11-14,23H2,1H3;1H/t16?,19-,20+;/m0./s1. The van der Waals surface area contributed by atoms with E-state index >= 15 is 0 Å². The van der Waals surface area contributed by atoms with Gasteiger partial charge in [-0.15, -0.1) is 12.4 Å². The summed E-state index contributed by atoms with van der Waals surface area (Å²) in [4.78, 5) is 29.1. The number of carbonyl (C=O) groups excluding carboxylic acids is 2. The molecule has 0 aliphatic carbocycles. The molecule has 29 heavy (non-hydrogen) atoms. The SMILES string of the molecule is COc1ccc(N2CC(C(=O)N3C[C@@H](N)[C@H](c4ccccc4)C3)CC2=O)cc1.Cl. The maximum Gasteiger partial charge on any atom is 0.228 e. The van der Waals surface area contributed by atoms with E-state index in [0.717, 1.165) is 17.0 Å². The van der Waals surface area contributed by atoms with E-state index in [1.807, 2.05) is 47.4 Å². The first-order valence-corrected chi connectivity index (χ1v) is 9.60. The molecular weight excluding hydrogens is 390 g/mol. The zero-order chi connectivity index (χ0) is 19.7. The van der Waals surface area contributed by atoms with Crippen molar-refractivity contribution in [1.29, 1.82) is 0 Å². The molecule has 2 aliphatic rings. The molecule has 0 saturated carbocycles. The second kappa shape index (κ2) is 8.84. The average Bonchev–Trinajstić information content (AvgIpc) is 3.31. The second-order valence-electron chi connectivity index (χ2n) is 7.53. The Labute approximate surface area is 177 Å². The Bertz CT molecular complexity index is 859. The molecule has 2 saturated heterocycles. The smallest absolute Gasteiger partial charge is 0.228 e. The van der Waals surface area contributed by atoms with Crippen LogP contribution in [0.2, 0.25) is 0 Å². The molecule has 2 aromatic carbocycles. The van der Waals surface area contributed by atoms with Gasteiger partial charge in [-0.2, -0.15) is 0 Å². The van der Waals surface area contributed by atoms with Gasteiger partial charge in [-0.3, -0.25) is 9.59 Å². The molecule has 2 N–H and O–H groups in total. The highest BCUT2D eigenvalue weighted by Gasteiger charge is 2.41. The number of carbonyl (C=O) groups is 2. The number of rotatable bonds is 4. The maximum absolute atomic E-state index is 13.1. The van der Waals surface area contributed by atoms with Crippen molar-refractivity contribution in [2.75, 3.05) is 31.6 Å². The number of methoxy groups -OCH3 is 1. The summed E-state index contributed by atoms with van der Waals surface area (Å²) in [6, 6.07) is 17.3. The molecule has 0 bridgehead atoms. The lowest BCUT2D eigenvalue weighted by Crippen LogP contribution is -2.37. The van der Waals surface area contributed by atoms with Crippen molar-refractivity contribution in [2.45, 2.75) is 18.4 Å². The number of amides is 2. The molecule has 4 rings (SSSR count). The highest BCUT2D eigenvalue weighted by molar-refractivity contribution is 6.00. The van der Waals surface area contributed by atoms with Gasteiger partial charge in [0.2, 0.25) is 11.8 Å². The first-order chi connectivity index (χ1) is 13.6. The van der Waals surface area contributed by atoms with Gasteiger partial charge < -0.3 is 20.3 Å². The molecular formula is C22H26ClN3O3. The molecule has 2 aromatic rings. The Kier molecular flexibility index (Phi) is 6.45. The Morgan fingerprint density at radius 1 is 1.03 bits per heavy atom. The fourth-order valence-electron chi connectivity index (χ4n) is 4.20. The van der Waals surface area contributed by atoms with Gasteiger partial charge in [0.1, 0.15) is 5.75 Å². The van der Waals surface area contributed by atoms with Crippen LogP contribution in [0.3, 0.4) is 0 Å². The predicted octanol–water partition coefficient (Wildman–Crippen LogP) is 2.42. The zero-order valence-electron chi connectivity index (χ0n) is 16.4. The van der Waals surface area contributed by atoms with Crippen molar-refractivity contribution in [3.8, 4) is 5.75 Å². The number of hydrogen-bond acceptors (Lipinski definition) is 4. The van der Waals surface area contributed by atoms with Crippen molar-refractivity contribution in [3.63, 3.8) is 0 Å². The van der Waals surface area contributed by atoms with Crippen LogP contribution in [0.15, 0.2) is 54.6 Å². The van der Waals surface area contributed by atoms with Crippen molar-refractivity contribution in [3.05, 3.63) is 60.2 Å². The second-order valence-corrected chi connectivity index (χ2v) is 7.53. The average molecular weight is 416 g/mol. The van der Waals surface area contributed by atoms with Crippen LogP contribution < -0.4 is 15.4 Å². The van der Waals surface area contributed by atoms with E-state index in [-0.39, 0.29) is 48.5 Å². The van der Waals surface area contributed by atoms with Crippen LogP contribution in [0.25, 0.3) is 0 Å². The molecule has 0 radical (unpaired) electrons. The Balaban J connectivity index is 0.00000240. The molecule has 0 aromatic heterocycles. The highest BCUT2D eigenvalue weighted by Crippen LogP contribution is 2.31. The number of halogens is 1. The van der Waals surface area contributed by atoms with Gasteiger partial charge >= 0.3 is 0 Å². The zero-order valence-corrected chi connectivity index (χ0v) is 17.2. The Hall–Kier alpha value is -2.57. The lowest BCUT2D eigenvalue weighted by atomic mass is 9.95. The van der Waals surface area contributed by atoms with E-state index < -0.39 is 0 Å². The summed E-state index contributed by atoms with van der Waals surface area (Å²) >= 11 is 0. The third-order valence-corrected chi connectivity index (χ3v) is 5.76. The van der Waals surface area contributed by atoms with Crippen molar-refractivity contribution >= 4 is 29.9 Å². The van der Waals surface area contributed by atoms with Crippen molar-refractivity contribution in [1.82, 2.24) is 4.90 Å². The van der Waals surface area contributed by atoms with E-state index in [1.165, 1.54) is 0 Å². The van der Waals surface area contributed by atoms with Gasteiger partial charge in [-0.1, -0.05) is 30.3 Å². The van der Waals surface area contributed by atoms with Gasteiger partial charge in [-0.05, 0) is 29.8 Å². The normalized spacial score (nSPS) is 23.8. The van der Waals surface area contributed by atoms with Gasteiger partial charge in [-0.25, -0.2) is 0 Å². The number of anilines is 1. The first kappa shape index (κ1) is 21.1. The number of nitrogens with zero attached hydrogens (tertiary/aromatic N) is 2. The maximum atomic E-state index is 13.1. The molecule has 154 valence electrons. The van der Waals surface area contributed by atoms with Crippen molar-refractivity contribution in [2.24, 2.45) is 11.7 Å². The minimum Gasteiger partial charge on any atom is -0.497 e. The van der Waals surface area contributed by atoms with E-state index in [0.29, 0.717) is 19.6 Å². The number of likely N-dealkylation sites (tertiary alicyclic amines) is 1. The summed E-state index contributed by atoms with van der Waals surface area (Å²) in [5.41, 5.74) is 8.28. The molecule has 3 atom stereocenters. The molecule has 2 aliphatic heterocycles. The first-order valence-electron chi connectivity index (χ1n) is 9.60. The summed E-state index contributed by atoms with van der Waals surface area (Å²) in [5.74, 6) is 0.558. The lowest BCUT2D eigenvalue weighted by molar-refractivity contribution is -0.134. The summed E-state index contributed by atoms with van der Waals surface area (Å²) in [6.07, 6.45) is 0.243. The Morgan fingerprint density at radius 2 is 1.72 bits per heavy atom. The largest absolute Gasteiger partial charge is 0.497 e. The molecule has 7 heteroatoms. The fraction of sp³-hybridized carbons (Fsp3) is 0.364. The molecule has 2 heterocycles. The Morgan fingerprint density at radius 3 is 2.38 bits per heavy atom. The van der Waals surface area contributed by atoms with Crippen LogP contribution in [-0.4, -0.2) is 49.5 Å². The third kappa shape index (κ3) is 4.23. The van der Waals surface area contributed by atoms with Gasteiger partial charge in [0, 0.05) is 43.7 Å². The quantitative estimate of drug-likeness (QED) is 0.832. The number of nitrogens with two attached hydrogens (primary N) is 1. The molecule has 6 nitrogen and oxygen atoms in total. The monoisotopic (exact) mass is 415 g/mol. The van der Waals surface area contributed by atoms with Crippen LogP contribution >= 0.6 is 12.4 Å². The van der Waals surface area contributed by atoms with Crippen molar-refractivity contribution < 1.29 is 14.3 Å². The predicted molar refractivity (Wildman–Crippen MR) is 114 cm³/mol. The molecule has 0 spiro atoms. The van der Waals surface area contributed by atoms with Crippen LogP contribution in [-0.2, 0) is 9.59 Å². The molecule has 1 unspecified atom stereocenters. The van der Waals surface area contributed by atoms with E-state index in [2.05, 4.69) is 12.1 Å². The number of hydrogen-bond donors (Lipinski definition) is 1. The third-order valence-electron chi connectivity index (χ3n) is 5.76. The lowest BCUT2D eigenvalue weighted by Gasteiger charge is -2.21. The van der Waals surface area contributed by atoms with Gasteiger partial charge in [0.25, 0.3) is 0 Å². The van der Waals surface area contributed by atoms with Crippen LogP contribution in [0.4, 0.5) is 5.69 Å².